The third-order valence-corrected chi connectivity index (χ3v) is 3.95. The van der Waals surface area contributed by atoms with E-state index in [9.17, 15) is 4.79 Å². The van der Waals surface area contributed by atoms with E-state index in [0.29, 0.717) is 47.2 Å². The summed E-state index contributed by atoms with van der Waals surface area (Å²) < 4.78 is 22.8. The molecule has 2 aromatic carbocycles. The van der Waals surface area contributed by atoms with Gasteiger partial charge in [0.1, 0.15) is 16.7 Å². The van der Waals surface area contributed by atoms with Crippen LogP contribution < -0.4 is 19.6 Å². The maximum Gasteiger partial charge on any atom is 0.204 e. The second kappa shape index (κ2) is 5.92. The number of hydrogen-bond acceptors (Lipinski definition) is 5. The van der Waals surface area contributed by atoms with Gasteiger partial charge in [0.15, 0.2) is 16.9 Å². The van der Waals surface area contributed by atoms with Crippen LogP contribution in [0.2, 0.25) is 0 Å². The van der Waals surface area contributed by atoms with Crippen LogP contribution in [0.5, 0.6) is 17.2 Å². The van der Waals surface area contributed by atoms with Crippen molar-refractivity contribution in [2.45, 2.75) is 6.42 Å². The minimum atomic E-state index is -0.167. The summed E-state index contributed by atoms with van der Waals surface area (Å²) in [5, 5.41) is 0.382. The van der Waals surface area contributed by atoms with Crippen molar-refractivity contribution in [2.24, 2.45) is 0 Å². The van der Waals surface area contributed by atoms with E-state index in [-0.39, 0.29) is 5.43 Å². The van der Waals surface area contributed by atoms with Gasteiger partial charge in [0, 0.05) is 24.1 Å². The van der Waals surface area contributed by atoms with E-state index in [1.54, 1.807) is 13.2 Å². The number of benzene rings is 2. The maximum atomic E-state index is 12.7. The number of methoxy groups -OCH3 is 1. The Kier molecular flexibility index (Phi) is 3.61. The zero-order valence-electron chi connectivity index (χ0n) is 13.2. The Balaban J connectivity index is 2.01. The molecule has 122 valence electrons. The molecular weight excluding hydrogens is 308 g/mol. The quantitative estimate of drug-likeness (QED) is 0.720. The van der Waals surface area contributed by atoms with Gasteiger partial charge in [-0.3, -0.25) is 4.79 Å². The molecule has 1 aliphatic heterocycles. The fourth-order valence-electron chi connectivity index (χ4n) is 2.83. The van der Waals surface area contributed by atoms with Crippen molar-refractivity contribution in [3.63, 3.8) is 0 Å². The Hall–Kier alpha value is -2.95. The van der Waals surface area contributed by atoms with E-state index >= 15 is 0 Å². The fraction of sp³-hybridized carbons (Fsp3) is 0.211. The second-order valence-corrected chi connectivity index (χ2v) is 5.50. The van der Waals surface area contributed by atoms with Crippen molar-refractivity contribution in [1.82, 2.24) is 0 Å². The lowest BCUT2D eigenvalue weighted by Crippen LogP contribution is -2.05. The minimum Gasteiger partial charge on any atom is -0.493 e. The van der Waals surface area contributed by atoms with Crippen molar-refractivity contribution >= 4 is 11.0 Å². The molecule has 2 heterocycles. The van der Waals surface area contributed by atoms with E-state index in [2.05, 4.69) is 0 Å². The molecule has 0 unspecified atom stereocenters. The van der Waals surface area contributed by atoms with Gasteiger partial charge in [0.05, 0.1) is 20.3 Å². The molecular formula is C19H16O5. The highest BCUT2D eigenvalue weighted by atomic mass is 16.5. The second-order valence-electron chi connectivity index (χ2n) is 5.50. The molecule has 24 heavy (non-hydrogen) atoms. The van der Waals surface area contributed by atoms with Gasteiger partial charge in [-0.1, -0.05) is 30.3 Å². The van der Waals surface area contributed by atoms with Crippen molar-refractivity contribution < 1.29 is 18.6 Å². The van der Waals surface area contributed by atoms with Crippen LogP contribution in [-0.2, 0) is 0 Å². The van der Waals surface area contributed by atoms with Gasteiger partial charge in [-0.25, -0.2) is 0 Å². The Bertz CT molecular complexity index is 943. The van der Waals surface area contributed by atoms with Crippen molar-refractivity contribution in [2.75, 3.05) is 20.3 Å². The Labute approximate surface area is 138 Å². The molecule has 0 radical (unpaired) electrons. The van der Waals surface area contributed by atoms with Gasteiger partial charge in [-0.05, 0) is 0 Å². The molecule has 0 saturated carbocycles. The van der Waals surface area contributed by atoms with Crippen molar-refractivity contribution in [3.8, 4) is 28.6 Å². The molecule has 4 rings (SSSR count). The zero-order valence-corrected chi connectivity index (χ0v) is 13.2. The summed E-state index contributed by atoms with van der Waals surface area (Å²) in [6.07, 6.45) is 0.743. The van der Waals surface area contributed by atoms with Crippen LogP contribution in [0, 0.1) is 0 Å². The van der Waals surface area contributed by atoms with Gasteiger partial charge in [0.2, 0.25) is 5.75 Å². The smallest absolute Gasteiger partial charge is 0.204 e. The number of rotatable bonds is 2. The number of fused-ring (bicyclic) bond motifs is 3. The average molecular weight is 324 g/mol. The van der Waals surface area contributed by atoms with Crippen LogP contribution >= 0.6 is 0 Å². The Morgan fingerprint density at radius 3 is 2.50 bits per heavy atom. The fourth-order valence-corrected chi connectivity index (χ4v) is 2.83. The molecule has 5 heteroatoms. The van der Waals surface area contributed by atoms with Crippen molar-refractivity contribution in [1.29, 1.82) is 0 Å². The molecule has 5 nitrogen and oxygen atoms in total. The highest BCUT2D eigenvalue weighted by Crippen LogP contribution is 2.44. The van der Waals surface area contributed by atoms with Gasteiger partial charge in [-0.15, -0.1) is 0 Å². The zero-order chi connectivity index (χ0) is 16.5. The van der Waals surface area contributed by atoms with E-state index in [0.717, 1.165) is 12.0 Å². The van der Waals surface area contributed by atoms with Gasteiger partial charge in [0.25, 0.3) is 0 Å². The van der Waals surface area contributed by atoms with Crippen LogP contribution in [0.15, 0.2) is 51.7 Å². The van der Waals surface area contributed by atoms with Crippen LogP contribution in [0.25, 0.3) is 22.3 Å². The lowest BCUT2D eigenvalue weighted by Gasteiger charge is -2.14. The van der Waals surface area contributed by atoms with E-state index in [4.69, 9.17) is 18.6 Å². The lowest BCUT2D eigenvalue weighted by atomic mass is 10.1. The highest BCUT2D eigenvalue weighted by Gasteiger charge is 2.23. The largest absolute Gasteiger partial charge is 0.493 e. The molecule has 0 fully saturated rings. The standard InChI is InChI=1S/C19H16O5/c1-21-16-11-15-17(19-18(16)22-8-5-9-23-19)13(20)10-14(24-15)12-6-3-2-4-7-12/h2-4,6-7,10-11H,5,8-9H2,1H3. The number of ether oxygens (including phenoxy) is 3. The predicted molar refractivity (Wildman–Crippen MR) is 90.1 cm³/mol. The molecule has 0 bridgehead atoms. The summed E-state index contributed by atoms with van der Waals surface area (Å²) >= 11 is 0. The third kappa shape index (κ3) is 2.38. The van der Waals surface area contributed by atoms with Gasteiger partial charge >= 0.3 is 0 Å². The molecule has 3 aromatic rings. The topological polar surface area (TPSA) is 57.9 Å². The first-order valence-corrected chi connectivity index (χ1v) is 7.78. The third-order valence-electron chi connectivity index (χ3n) is 3.95. The molecule has 0 aliphatic carbocycles. The van der Waals surface area contributed by atoms with Crippen LogP contribution in [0.3, 0.4) is 0 Å². The lowest BCUT2D eigenvalue weighted by molar-refractivity contribution is 0.289. The van der Waals surface area contributed by atoms with E-state index in [1.165, 1.54) is 6.07 Å². The number of hydrogen-bond donors (Lipinski definition) is 0. The maximum absolute atomic E-state index is 12.7. The highest BCUT2D eigenvalue weighted by molar-refractivity contribution is 5.90. The summed E-state index contributed by atoms with van der Waals surface area (Å²) in [4.78, 5) is 12.7. The molecule has 0 N–H and O–H groups in total. The minimum absolute atomic E-state index is 0.167. The van der Waals surface area contributed by atoms with Gasteiger partial charge in [-0.2, -0.15) is 0 Å². The van der Waals surface area contributed by atoms with Crippen LogP contribution in [-0.4, -0.2) is 20.3 Å². The van der Waals surface area contributed by atoms with Crippen LogP contribution in [0.1, 0.15) is 6.42 Å². The first kappa shape index (κ1) is 14.6. The molecule has 0 spiro atoms. The Morgan fingerprint density at radius 1 is 1.00 bits per heavy atom. The molecule has 1 aliphatic rings. The summed E-state index contributed by atoms with van der Waals surface area (Å²) in [5.41, 5.74) is 1.09. The monoisotopic (exact) mass is 324 g/mol. The normalized spacial score (nSPS) is 13.5. The van der Waals surface area contributed by atoms with Crippen LogP contribution in [0.4, 0.5) is 0 Å². The van der Waals surface area contributed by atoms with E-state index < -0.39 is 0 Å². The first-order chi connectivity index (χ1) is 11.8. The van der Waals surface area contributed by atoms with E-state index in [1.807, 2.05) is 30.3 Å². The van der Waals surface area contributed by atoms with Gasteiger partial charge < -0.3 is 18.6 Å². The average Bonchev–Trinajstić information content (AvgIpc) is 2.87. The summed E-state index contributed by atoms with van der Waals surface area (Å²) in [5.74, 6) is 1.86. The molecule has 0 saturated heterocycles. The first-order valence-electron chi connectivity index (χ1n) is 7.78. The summed E-state index contributed by atoms with van der Waals surface area (Å²) in [7, 11) is 1.55. The summed E-state index contributed by atoms with van der Waals surface area (Å²) in [6.45, 7) is 0.997. The van der Waals surface area contributed by atoms with Crippen molar-refractivity contribution in [3.05, 3.63) is 52.7 Å². The molecule has 0 amide bonds. The Morgan fingerprint density at radius 2 is 1.75 bits per heavy atom. The summed E-state index contributed by atoms with van der Waals surface area (Å²) in [6, 6.07) is 12.7. The SMILES string of the molecule is COc1cc2oc(-c3ccccc3)cc(=O)c2c2c1OCCCO2. The molecule has 1 aromatic heterocycles. The molecule has 0 atom stereocenters. The predicted octanol–water partition coefficient (Wildman–Crippen LogP) is 3.63.